The second-order valence-electron chi connectivity index (χ2n) is 7.79. The first-order valence-electron chi connectivity index (χ1n) is 10.1. The number of fused-ring (bicyclic) bond motifs is 1. The third kappa shape index (κ3) is 4.19. The Morgan fingerprint density at radius 1 is 1.17 bits per heavy atom. The van der Waals surface area contributed by atoms with E-state index in [1.165, 1.54) is 6.07 Å². The molecular weight excluding hydrogens is 366 g/mol. The van der Waals surface area contributed by atoms with Crippen molar-refractivity contribution in [3.05, 3.63) is 65.0 Å². The number of hydrogen-bond acceptors (Lipinski definition) is 4. The van der Waals surface area contributed by atoms with Gasteiger partial charge in [0.1, 0.15) is 11.3 Å². The van der Waals surface area contributed by atoms with E-state index < -0.39 is 11.7 Å². The summed E-state index contributed by atoms with van der Waals surface area (Å²) in [5.74, 6) is 1.03. The lowest BCUT2D eigenvalue weighted by Crippen LogP contribution is -2.45. The van der Waals surface area contributed by atoms with E-state index in [0.29, 0.717) is 17.3 Å². The van der Waals surface area contributed by atoms with E-state index in [9.17, 15) is 9.59 Å². The second-order valence-corrected chi connectivity index (χ2v) is 7.79. The van der Waals surface area contributed by atoms with Gasteiger partial charge in [-0.15, -0.1) is 0 Å². The van der Waals surface area contributed by atoms with Crippen LogP contribution in [-0.2, 0) is 4.79 Å². The lowest BCUT2D eigenvalue weighted by atomic mass is 10.00. The number of ether oxygens (including phenoxy) is 1. The van der Waals surface area contributed by atoms with Crippen LogP contribution in [-0.4, -0.2) is 30.0 Å². The number of carbonyl (C=O) groups excluding carboxylic acids is 1. The quantitative estimate of drug-likeness (QED) is 0.615. The summed E-state index contributed by atoms with van der Waals surface area (Å²) in [7, 11) is 0. The van der Waals surface area contributed by atoms with Gasteiger partial charge in [0.2, 0.25) is 0 Å². The minimum Gasteiger partial charge on any atom is -0.481 e. The molecule has 0 radical (unpaired) electrons. The molecule has 2 unspecified atom stereocenters. The Bertz CT molecular complexity index is 1070. The highest BCUT2D eigenvalue weighted by Gasteiger charge is 2.26. The lowest BCUT2D eigenvalue weighted by Gasteiger charge is -2.32. The molecule has 4 rings (SSSR count). The van der Waals surface area contributed by atoms with Crippen LogP contribution < -0.4 is 10.4 Å². The maximum Gasteiger partial charge on any atom is 0.336 e. The molecule has 29 heavy (non-hydrogen) atoms. The molecule has 1 aromatic heterocycles. The highest BCUT2D eigenvalue weighted by Crippen LogP contribution is 2.30. The molecule has 1 amide bonds. The SMILES string of the molecule is CC1CCCN(C(=O)C(C)Oc2ccc3c(-c4ccccc4)cc(=O)oc3c2)C1. The highest BCUT2D eigenvalue weighted by atomic mass is 16.5. The maximum atomic E-state index is 12.7. The van der Waals surface area contributed by atoms with Gasteiger partial charge in [-0.25, -0.2) is 4.79 Å². The van der Waals surface area contributed by atoms with Crippen molar-refractivity contribution >= 4 is 16.9 Å². The van der Waals surface area contributed by atoms with Crippen LogP contribution in [0.15, 0.2) is 63.8 Å². The van der Waals surface area contributed by atoms with Crippen molar-refractivity contribution in [1.29, 1.82) is 0 Å². The van der Waals surface area contributed by atoms with Crippen molar-refractivity contribution in [2.45, 2.75) is 32.8 Å². The molecule has 2 atom stereocenters. The molecule has 1 saturated heterocycles. The van der Waals surface area contributed by atoms with Gasteiger partial charge in [-0.05, 0) is 48.9 Å². The van der Waals surface area contributed by atoms with Crippen molar-refractivity contribution in [2.75, 3.05) is 13.1 Å². The Hall–Kier alpha value is -3.08. The molecule has 2 heterocycles. The molecule has 5 heteroatoms. The molecule has 1 aliphatic rings. The number of piperidine rings is 1. The standard InChI is InChI=1S/C24H25NO4/c1-16-7-6-12-25(15-16)24(27)17(2)28-19-10-11-20-21(18-8-4-3-5-9-18)14-23(26)29-22(20)13-19/h3-5,8-11,13-14,16-17H,6-7,12,15H2,1-2H3. The van der Waals surface area contributed by atoms with E-state index in [0.717, 1.165) is 42.4 Å². The average Bonchev–Trinajstić information content (AvgIpc) is 2.73. The average molecular weight is 391 g/mol. The number of rotatable bonds is 4. The minimum absolute atomic E-state index is 0.00358. The second kappa shape index (κ2) is 8.11. The molecule has 0 bridgehead atoms. The molecule has 0 N–H and O–H groups in total. The maximum absolute atomic E-state index is 12.7. The Morgan fingerprint density at radius 2 is 1.97 bits per heavy atom. The predicted octanol–water partition coefficient (Wildman–Crippen LogP) is 4.49. The summed E-state index contributed by atoms with van der Waals surface area (Å²) >= 11 is 0. The Kier molecular flexibility index (Phi) is 5.38. The van der Waals surface area contributed by atoms with E-state index in [1.807, 2.05) is 47.4 Å². The van der Waals surface area contributed by atoms with Crippen LogP contribution in [0.2, 0.25) is 0 Å². The van der Waals surface area contributed by atoms with Crippen molar-refractivity contribution in [3.63, 3.8) is 0 Å². The first-order chi connectivity index (χ1) is 14.0. The van der Waals surface area contributed by atoms with Crippen LogP contribution in [0.5, 0.6) is 5.75 Å². The normalized spacial score (nSPS) is 17.9. The molecule has 1 aliphatic heterocycles. The molecular formula is C24H25NO4. The number of likely N-dealkylation sites (tertiary alicyclic amines) is 1. The third-order valence-electron chi connectivity index (χ3n) is 5.43. The van der Waals surface area contributed by atoms with E-state index >= 15 is 0 Å². The van der Waals surface area contributed by atoms with Gasteiger partial charge in [-0.2, -0.15) is 0 Å². The summed E-state index contributed by atoms with van der Waals surface area (Å²) < 4.78 is 11.3. The summed E-state index contributed by atoms with van der Waals surface area (Å²) in [6, 6.07) is 16.6. The van der Waals surface area contributed by atoms with Gasteiger partial charge in [-0.1, -0.05) is 37.3 Å². The van der Waals surface area contributed by atoms with Crippen molar-refractivity contribution < 1.29 is 13.9 Å². The smallest absolute Gasteiger partial charge is 0.336 e. The van der Waals surface area contributed by atoms with Crippen LogP contribution in [0, 0.1) is 5.92 Å². The van der Waals surface area contributed by atoms with Gasteiger partial charge >= 0.3 is 5.63 Å². The molecule has 5 nitrogen and oxygen atoms in total. The first-order valence-corrected chi connectivity index (χ1v) is 10.1. The lowest BCUT2D eigenvalue weighted by molar-refractivity contribution is -0.139. The van der Waals surface area contributed by atoms with E-state index in [-0.39, 0.29) is 5.91 Å². The number of benzene rings is 2. The largest absolute Gasteiger partial charge is 0.481 e. The summed E-state index contributed by atoms with van der Waals surface area (Å²) in [5.41, 5.74) is 1.79. The van der Waals surface area contributed by atoms with Crippen LogP contribution in [0.25, 0.3) is 22.1 Å². The number of amides is 1. The van der Waals surface area contributed by atoms with Gasteiger partial charge in [0.05, 0.1) is 0 Å². The van der Waals surface area contributed by atoms with E-state index in [1.54, 1.807) is 13.0 Å². The van der Waals surface area contributed by atoms with Crippen LogP contribution in [0.3, 0.4) is 0 Å². The Morgan fingerprint density at radius 3 is 2.72 bits per heavy atom. The van der Waals surface area contributed by atoms with Crippen molar-refractivity contribution in [1.82, 2.24) is 4.90 Å². The Labute approximate surface area is 169 Å². The van der Waals surface area contributed by atoms with Gasteiger partial charge in [0, 0.05) is 30.6 Å². The highest BCUT2D eigenvalue weighted by molar-refractivity contribution is 5.93. The van der Waals surface area contributed by atoms with Gasteiger partial charge < -0.3 is 14.1 Å². The zero-order valence-electron chi connectivity index (χ0n) is 16.8. The van der Waals surface area contributed by atoms with Crippen molar-refractivity contribution in [2.24, 2.45) is 5.92 Å². The monoisotopic (exact) mass is 391 g/mol. The fourth-order valence-electron chi connectivity index (χ4n) is 3.97. The summed E-state index contributed by atoms with van der Waals surface area (Å²) in [5, 5.41) is 0.826. The van der Waals surface area contributed by atoms with Gasteiger partial charge in [0.15, 0.2) is 6.10 Å². The molecule has 150 valence electrons. The molecule has 3 aromatic rings. The van der Waals surface area contributed by atoms with Crippen molar-refractivity contribution in [3.8, 4) is 16.9 Å². The first kappa shape index (κ1) is 19.2. The fraction of sp³-hybridized carbons (Fsp3) is 0.333. The number of nitrogens with zero attached hydrogens (tertiary/aromatic N) is 1. The summed E-state index contributed by atoms with van der Waals surface area (Å²) in [6.45, 7) is 5.49. The molecule has 0 saturated carbocycles. The van der Waals surface area contributed by atoms with Crippen LogP contribution in [0.4, 0.5) is 0 Å². The summed E-state index contributed by atoms with van der Waals surface area (Å²) in [6.07, 6.45) is 1.59. The van der Waals surface area contributed by atoms with E-state index in [4.69, 9.17) is 9.15 Å². The van der Waals surface area contributed by atoms with Gasteiger partial charge in [-0.3, -0.25) is 4.79 Å². The minimum atomic E-state index is -0.596. The van der Waals surface area contributed by atoms with Crippen LogP contribution >= 0.6 is 0 Å². The van der Waals surface area contributed by atoms with Crippen LogP contribution in [0.1, 0.15) is 26.7 Å². The fourth-order valence-corrected chi connectivity index (χ4v) is 3.97. The molecule has 0 spiro atoms. The molecule has 1 fully saturated rings. The zero-order chi connectivity index (χ0) is 20.4. The zero-order valence-corrected chi connectivity index (χ0v) is 16.8. The molecule has 0 aliphatic carbocycles. The third-order valence-corrected chi connectivity index (χ3v) is 5.43. The van der Waals surface area contributed by atoms with E-state index in [2.05, 4.69) is 6.92 Å². The summed E-state index contributed by atoms with van der Waals surface area (Å²) in [4.78, 5) is 26.7. The number of carbonyl (C=O) groups is 1. The van der Waals surface area contributed by atoms with Gasteiger partial charge in [0.25, 0.3) is 5.91 Å². The number of hydrogen-bond donors (Lipinski definition) is 0. The Balaban J connectivity index is 1.59. The predicted molar refractivity (Wildman–Crippen MR) is 113 cm³/mol. The molecule has 2 aromatic carbocycles. The topological polar surface area (TPSA) is 59.8 Å².